The highest BCUT2D eigenvalue weighted by Crippen LogP contribution is 2.11. The molecule has 110 valence electrons. The number of rotatable bonds is 9. The number of terminal acetylenes is 1. The third-order valence-corrected chi connectivity index (χ3v) is 3.16. The van der Waals surface area contributed by atoms with E-state index >= 15 is 0 Å². The van der Waals surface area contributed by atoms with Crippen molar-refractivity contribution in [1.29, 1.82) is 0 Å². The van der Waals surface area contributed by atoms with Gasteiger partial charge in [-0.25, -0.2) is 0 Å². The second-order valence-electron chi connectivity index (χ2n) is 5.03. The molecule has 1 aromatic carbocycles. The number of aliphatic hydroxyl groups excluding tert-OH is 1. The largest absolute Gasteiger partial charge is 0.389 e. The van der Waals surface area contributed by atoms with Crippen LogP contribution < -0.4 is 0 Å². The van der Waals surface area contributed by atoms with E-state index in [4.69, 9.17) is 11.2 Å². The van der Waals surface area contributed by atoms with Gasteiger partial charge in [-0.15, -0.1) is 6.42 Å². The van der Waals surface area contributed by atoms with Gasteiger partial charge in [0.1, 0.15) is 6.61 Å². The van der Waals surface area contributed by atoms with E-state index in [1.807, 2.05) is 6.07 Å². The molecule has 0 saturated heterocycles. The van der Waals surface area contributed by atoms with Crippen molar-refractivity contribution < 1.29 is 9.84 Å². The van der Waals surface area contributed by atoms with E-state index in [1.54, 1.807) is 0 Å². The summed E-state index contributed by atoms with van der Waals surface area (Å²) in [5, 5.41) is 9.98. The molecule has 0 amide bonds. The van der Waals surface area contributed by atoms with Crippen molar-refractivity contribution >= 4 is 0 Å². The second kappa shape index (κ2) is 9.55. The predicted octanol–water partition coefficient (Wildman–Crippen LogP) is 2.22. The van der Waals surface area contributed by atoms with Crippen molar-refractivity contribution in [3.05, 3.63) is 35.4 Å². The molecule has 0 aromatic heterocycles. The molecule has 0 aliphatic rings. The molecular formula is C17H25NO2. The molecule has 1 N–H and O–H groups in total. The smallest absolute Gasteiger partial charge is 0.107 e. The minimum Gasteiger partial charge on any atom is -0.389 e. The molecule has 0 heterocycles. The van der Waals surface area contributed by atoms with Gasteiger partial charge >= 0.3 is 0 Å². The van der Waals surface area contributed by atoms with Gasteiger partial charge in [-0.05, 0) is 31.0 Å². The first-order valence-corrected chi connectivity index (χ1v) is 7.13. The highest BCUT2D eigenvalue weighted by Gasteiger charge is 2.12. The lowest BCUT2D eigenvalue weighted by Crippen LogP contribution is -2.35. The monoisotopic (exact) mass is 275 g/mol. The van der Waals surface area contributed by atoms with Gasteiger partial charge in [0.25, 0.3) is 0 Å². The van der Waals surface area contributed by atoms with E-state index in [9.17, 15) is 5.11 Å². The van der Waals surface area contributed by atoms with Crippen molar-refractivity contribution in [2.45, 2.75) is 32.9 Å². The Bertz CT molecular complexity index is 425. The number of hydrogen-bond acceptors (Lipinski definition) is 3. The van der Waals surface area contributed by atoms with Crippen LogP contribution in [0.1, 0.15) is 24.5 Å². The van der Waals surface area contributed by atoms with Crippen LogP contribution in [0.25, 0.3) is 0 Å². The van der Waals surface area contributed by atoms with Crippen LogP contribution in [0, 0.1) is 19.3 Å². The minimum atomic E-state index is -0.501. The van der Waals surface area contributed by atoms with Gasteiger partial charge in [-0.2, -0.15) is 0 Å². The van der Waals surface area contributed by atoms with Crippen LogP contribution in [0.15, 0.2) is 24.3 Å². The summed E-state index contributed by atoms with van der Waals surface area (Å²) in [7, 11) is 0. The molecule has 0 fully saturated rings. The number of nitrogens with zero attached hydrogens (tertiary/aromatic N) is 1. The molecule has 0 saturated carbocycles. The van der Waals surface area contributed by atoms with Gasteiger partial charge in [-0.3, -0.25) is 4.90 Å². The fraction of sp³-hybridized carbons (Fsp3) is 0.529. The van der Waals surface area contributed by atoms with E-state index in [0.29, 0.717) is 6.54 Å². The van der Waals surface area contributed by atoms with Crippen LogP contribution in [0.2, 0.25) is 0 Å². The van der Waals surface area contributed by atoms with E-state index in [-0.39, 0.29) is 13.2 Å². The molecule has 0 unspecified atom stereocenters. The highest BCUT2D eigenvalue weighted by atomic mass is 16.5. The van der Waals surface area contributed by atoms with Gasteiger partial charge in [0.05, 0.1) is 12.7 Å². The van der Waals surface area contributed by atoms with E-state index in [0.717, 1.165) is 19.5 Å². The Hall–Kier alpha value is -1.34. The van der Waals surface area contributed by atoms with Crippen molar-refractivity contribution in [2.24, 2.45) is 0 Å². The summed E-state index contributed by atoms with van der Waals surface area (Å²) in [6.45, 7) is 7.22. The minimum absolute atomic E-state index is 0.253. The summed E-state index contributed by atoms with van der Waals surface area (Å²) >= 11 is 0. The summed E-state index contributed by atoms with van der Waals surface area (Å²) < 4.78 is 5.18. The van der Waals surface area contributed by atoms with Gasteiger partial charge in [0.2, 0.25) is 0 Å². The highest BCUT2D eigenvalue weighted by molar-refractivity contribution is 5.25. The van der Waals surface area contributed by atoms with Crippen molar-refractivity contribution in [1.82, 2.24) is 4.90 Å². The van der Waals surface area contributed by atoms with Crippen LogP contribution in [0.5, 0.6) is 0 Å². The molecule has 1 atom stereocenters. The Morgan fingerprint density at radius 1 is 1.40 bits per heavy atom. The van der Waals surface area contributed by atoms with E-state index < -0.39 is 6.10 Å². The number of ether oxygens (including phenoxy) is 1. The molecule has 0 spiro atoms. The van der Waals surface area contributed by atoms with Crippen LogP contribution in [0.3, 0.4) is 0 Å². The zero-order valence-electron chi connectivity index (χ0n) is 12.5. The lowest BCUT2D eigenvalue weighted by Gasteiger charge is -2.25. The SMILES string of the molecule is C#CCOC[C@H](O)CN(CCC)Cc1ccccc1C. The summed E-state index contributed by atoms with van der Waals surface area (Å²) in [5.74, 6) is 2.40. The van der Waals surface area contributed by atoms with Crippen molar-refractivity contribution in [2.75, 3.05) is 26.3 Å². The maximum atomic E-state index is 9.98. The zero-order valence-corrected chi connectivity index (χ0v) is 12.5. The van der Waals surface area contributed by atoms with Crippen LogP contribution in [-0.2, 0) is 11.3 Å². The molecule has 0 radical (unpaired) electrons. The Morgan fingerprint density at radius 2 is 2.15 bits per heavy atom. The van der Waals surface area contributed by atoms with Crippen molar-refractivity contribution in [3.8, 4) is 12.3 Å². The first kappa shape index (κ1) is 16.7. The summed E-state index contributed by atoms with van der Waals surface area (Å²) in [6.07, 6.45) is 5.67. The van der Waals surface area contributed by atoms with Crippen LogP contribution in [-0.4, -0.2) is 42.4 Å². The topological polar surface area (TPSA) is 32.7 Å². The molecule has 1 rings (SSSR count). The quantitative estimate of drug-likeness (QED) is 0.554. The number of hydrogen-bond donors (Lipinski definition) is 1. The first-order valence-electron chi connectivity index (χ1n) is 7.13. The van der Waals surface area contributed by atoms with Crippen LogP contribution in [0.4, 0.5) is 0 Å². The molecular weight excluding hydrogens is 250 g/mol. The molecule has 0 aliphatic heterocycles. The van der Waals surface area contributed by atoms with Gasteiger partial charge in [0, 0.05) is 13.1 Å². The summed E-state index contributed by atoms with van der Waals surface area (Å²) in [4.78, 5) is 2.26. The maximum absolute atomic E-state index is 9.98. The fourth-order valence-electron chi connectivity index (χ4n) is 2.18. The zero-order chi connectivity index (χ0) is 14.8. The normalized spacial score (nSPS) is 12.3. The van der Waals surface area contributed by atoms with Gasteiger partial charge < -0.3 is 9.84 Å². The first-order chi connectivity index (χ1) is 9.67. The number of aryl methyl sites for hydroxylation is 1. The predicted molar refractivity (Wildman–Crippen MR) is 82.4 cm³/mol. The molecule has 20 heavy (non-hydrogen) atoms. The third-order valence-electron chi connectivity index (χ3n) is 3.16. The standard InChI is InChI=1S/C17H25NO2/c1-4-10-18(13-17(19)14-20-11-5-2)12-16-9-7-6-8-15(16)3/h2,6-9,17,19H,4,10-14H2,1,3H3/t17-/m1/s1. The summed E-state index contributed by atoms with van der Waals surface area (Å²) in [5.41, 5.74) is 2.59. The van der Waals surface area contributed by atoms with Gasteiger partial charge in [0.15, 0.2) is 0 Å². The molecule has 1 aromatic rings. The number of aliphatic hydroxyl groups is 1. The molecule has 3 nitrogen and oxygen atoms in total. The molecule has 0 aliphatic carbocycles. The average molecular weight is 275 g/mol. The lowest BCUT2D eigenvalue weighted by atomic mass is 10.1. The second-order valence-corrected chi connectivity index (χ2v) is 5.03. The van der Waals surface area contributed by atoms with E-state index in [2.05, 4.69) is 42.9 Å². The van der Waals surface area contributed by atoms with Crippen LogP contribution >= 0.6 is 0 Å². The lowest BCUT2D eigenvalue weighted by molar-refractivity contribution is 0.0261. The average Bonchev–Trinajstić information content (AvgIpc) is 2.42. The Kier molecular flexibility index (Phi) is 7.98. The van der Waals surface area contributed by atoms with Gasteiger partial charge in [-0.1, -0.05) is 37.1 Å². The third kappa shape index (κ3) is 6.21. The molecule has 0 bridgehead atoms. The van der Waals surface area contributed by atoms with Crippen molar-refractivity contribution in [3.63, 3.8) is 0 Å². The van der Waals surface area contributed by atoms with E-state index in [1.165, 1.54) is 11.1 Å². The molecule has 3 heteroatoms. The maximum Gasteiger partial charge on any atom is 0.107 e. The Morgan fingerprint density at radius 3 is 2.80 bits per heavy atom. The Balaban J connectivity index is 2.52. The summed E-state index contributed by atoms with van der Waals surface area (Å²) in [6, 6.07) is 8.36. The number of benzene rings is 1. The Labute approximate surface area is 122 Å². The fourth-order valence-corrected chi connectivity index (χ4v) is 2.18.